The van der Waals surface area contributed by atoms with Crippen molar-refractivity contribution in [3.05, 3.63) is 34.3 Å². The molecule has 1 saturated heterocycles. The number of nitrogens with one attached hydrogen (secondary N) is 1. The molecule has 0 aliphatic carbocycles. The van der Waals surface area contributed by atoms with Gasteiger partial charge in [-0.1, -0.05) is 28.1 Å². The van der Waals surface area contributed by atoms with Gasteiger partial charge in [0.25, 0.3) is 0 Å². The largest absolute Gasteiger partial charge is 0.395 e. The van der Waals surface area contributed by atoms with Gasteiger partial charge in [0, 0.05) is 43.7 Å². The van der Waals surface area contributed by atoms with Crippen molar-refractivity contribution in [3.63, 3.8) is 0 Å². The molecule has 0 saturated carbocycles. The molecule has 1 aliphatic heterocycles. The lowest BCUT2D eigenvalue weighted by Gasteiger charge is -2.34. The summed E-state index contributed by atoms with van der Waals surface area (Å²) in [5, 5.41) is 11.8. The Kier molecular flexibility index (Phi) is 5.82. The van der Waals surface area contributed by atoms with E-state index in [1.165, 1.54) is 0 Å². The first-order valence-corrected chi connectivity index (χ1v) is 7.59. The van der Waals surface area contributed by atoms with E-state index in [1.807, 2.05) is 29.2 Å². The van der Waals surface area contributed by atoms with Crippen molar-refractivity contribution in [2.45, 2.75) is 6.54 Å². The minimum absolute atomic E-state index is 0.0198. The summed E-state index contributed by atoms with van der Waals surface area (Å²) in [5.74, 6) is 0. The van der Waals surface area contributed by atoms with Crippen LogP contribution in [-0.2, 0) is 6.54 Å². The Bertz CT molecular complexity index is 448. The highest BCUT2D eigenvalue weighted by Gasteiger charge is 2.20. The number of aliphatic hydroxyl groups excluding tert-OH is 1. The van der Waals surface area contributed by atoms with Crippen LogP contribution < -0.4 is 5.32 Å². The van der Waals surface area contributed by atoms with E-state index in [9.17, 15) is 4.79 Å². The molecule has 1 aromatic rings. The molecule has 0 aromatic heterocycles. The molecule has 6 heteroatoms. The highest BCUT2D eigenvalue weighted by molar-refractivity contribution is 9.10. The van der Waals surface area contributed by atoms with Gasteiger partial charge in [0.05, 0.1) is 6.61 Å². The van der Waals surface area contributed by atoms with Crippen LogP contribution in [0, 0.1) is 0 Å². The summed E-state index contributed by atoms with van der Waals surface area (Å²) in [6.45, 7) is 4.47. The van der Waals surface area contributed by atoms with Gasteiger partial charge < -0.3 is 15.3 Å². The molecule has 0 unspecified atom stereocenters. The molecule has 0 atom stereocenters. The van der Waals surface area contributed by atoms with E-state index in [2.05, 4.69) is 26.1 Å². The quantitative estimate of drug-likeness (QED) is 0.867. The van der Waals surface area contributed by atoms with Gasteiger partial charge in [-0.2, -0.15) is 0 Å². The summed E-state index contributed by atoms with van der Waals surface area (Å²) in [6.07, 6.45) is 0. The Morgan fingerprint density at radius 2 is 2.05 bits per heavy atom. The zero-order chi connectivity index (χ0) is 14.4. The van der Waals surface area contributed by atoms with Gasteiger partial charge in [-0.25, -0.2) is 4.79 Å². The molecular formula is C14H20BrN3O2. The highest BCUT2D eigenvalue weighted by atomic mass is 79.9. The second-order valence-electron chi connectivity index (χ2n) is 4.84. The molecule has 1 fully saturated rings. The number of amides is 2. The predicted octanol–water partition coefficient (Wildman–Crippen LogP) is 1.27. The molecule has 20 heavy (non-hydrogen) atoms. The fourth-order valence-electron chi connectivity index (χ4n) is 2.25. The number of hydrogen-bond donors (Lipinski definition) is 2. The zero-order valence-electron chi connectivity index (χ0n) is 11.4. The van der Waals surface area contributed by atoms with Crippen LogP contribution in [0.5, 0.6) is 0 Å². The van der Waals surface area contributed by atoms with Crippen LogP contribution in [0.25, 0.3) is 0 Å². The van der Waals surface area contributed by atoms with Crippen molar-refractivity contribution in [3.8, 4) is 0 Å². The van der Waals surface area contributed by atoms with Crippen LogP contribution in [0.1, 0.15) is 5.56 Å². The molecule has 0 bridgehead atoms. The molecule has 5 nitrogen and oxygen atoms in total. The van der Waals surface area contributed by atoms with Gasteiger partial charge in [-0.05, 0) is 17.7 Å². The van der Waals surface area contributed by atoms with Gasteiger partial charge in [0.2, 0.25) is 0 Å². The molecule has 110 valence electrons. The van der Waals surface area contributed by atoms with Gasteiger partial charge in [-0.3, -0.25) is 4.90 Å². The van der Waals surface area contributed by atoms with Gasteiger partial charge in [0.15, 0.2) is 0 Å². The van der Waals surface area contributed by atoms with Gasteiger partial charge in [-0.15, -0.1) is 0 Å². The third-order valence-corrected chi connectivity index (χ3v) is 3.90. The maximum absolute atomic E-state index is 12.1. The van der Waals surface area contributed by atoms with Crippen molar-refractivity contribution in [1.29, 1.82) is 0 Å². The molecule has 1 heterocycles. The average Bonchev–Trinajstić information content (AvgIpc) is 2.46. The van der Waals surface area contributed by atoms with Crippen molar-refractivity contribution >= 4 is 22.0 Å². The summed E-state index contributed by atoms with van der Waals surface area (Å²) in [6, 6.07) is 7.89. The van der Waals surface area contributed by atoms with Crippen molar-refractivity contribution < 1.29 is 9.90 Å². The normalized spacial score (nSPS) is 16.2. The summed E-state index contributed by atoms with van der Waals surface area (Å²) in [4.78, 5) is 16.0. The number of urea groups is 1. The van der Waals surface area contributed by atoms with Crippen LogP contribution in [-0.4, -0.2) is 60.3 Å². The number of carbonyl (C=O) groups excluding carboxylic acids is 1. The summed E-state index contributed by atoms with van der Waals surface area (Å²) in [5.41, 5.74) is 1.08. The fourth-order valence-corrected chi connectivity index (χ4v) is 2.70. The van der Waals surface area contributed by atoms with E-state index in [0.29, 0.717) is 26.2 Å². The maximum atomic E-state index is 12.1. The first kappa shape index (κ1) is 15.3. The highest BCUT2D eigenvalue weighted by Crippen LogP contribution is 2.11. The Hall–Kier alpha value is -1.11. The number of β-amino-alcohol motifs (C(OH)–C–C–N with tert-alkyl or cyclic N) is 1. The number of aliphatic hydroxyl groups is 1. The summed E-state index contributed by atoms with van der Waals surface area (Å²) < 4.78 is 1.02. The second-order valence-corrected chi connectivity index (χ2v) is 5.76. The Morgan fingerprint density at radius 1 is 1.30 bits per heavy atom. The Balaban J connectivity index is 1.76. The van der Waals surface area contributed by atoms with E-state index in [-0.39, 0.29) is 12.6 Å². The minimum atomic E-state index is -0.0198. The lowest BCUT2D eigenvalue weighted by atomic mass is 10.2. The number of nitrogens with zero attached hydrogens (tertiary/aromatic N) is 2. The van der Waals surface area contributed by atoms with Crippen LogP contribution >= 0.6 is 15.9 Å². The van der Waals surface area contributed by atoms with E-state index < -0.39 is 0 Å². The Morgan fingerprint density at radius 3 is 2.70 bits per heavy atom. The number of rotatable bonds is 4. The number of benzene rings is 1. The summed E-state index contributed by atoms with van der Waals surface area (Å²) in [7, 11) is 0. The van der Waals surface area contributed by atoms with Crippen LogP contribution in [0.4, 0.5) is 4.79 Å². The molecule has 0 spiro atoms. The number of halogens is 1. The van der Waals surface area contributed by atoms with E-state index in [1.54, 1.807) is 0 Å². The number of piperazine rings is 1. The standard InChI is InChI=1S/C14H20BrN3O2/c15-13-3-1-2-12(10-13)11-16-14(20)18-6-4-17(5-7-18)8-9-19/h1-3,10,19H,4-9,11H2,(H,16,20). The van der Waals surface area contributed by atoms with Gasteiger partial charge in [0.1, 0.15) is 0 Å². The first-order chi connectivity index (χ1) is 9.69. The molecule has 1 aliphatic rings. The molecule has 1 aromatic carbocycles. The smallest absolute Gasteiger partial charge is 0.317 e. The minimum Gasteiger partial charge on any atom is -0.395 e. The van der Waals surface area contributed by atoms with Crippen molar-refractivity contribution in [1.82, 2.24) is 15.1 Å². The average molecular weight is 342 g/mol. The van der Waals surface area contributed by atoms with Crippen LogP contribution in [0.2, 0.25) is 0 Å². The second kappa shape index (κ2) is 7.61. The van der Waals surface area contributed by atoms with E-state index >= 15 is 0 Å². The predicted molar refractivity (Wildman–Crippen MR) is 81.5 cm³/mol. The molecular weight excluding hydrogens is 322 g/mol. The topological polar surface area (TPSA) is 55.8 Å². The molecule has 2 N–H and O–H groups in total. The fraction of sp³-hybridized carbons (Fsp3) is 0.500. The monoisotopic (exact) mass is 341 g/mol. The van der Waals surface area contributed by atoms with Gasteiger partial charge >= 0.3 is 6.03 Å². The van der Waals surface area contributed by atoms with E-state index in [4.69, 9.17) is 5.11 Å². The summed E-state index contributed by atoms with van der Waals surface area (Å²) >= 11 is 3.42. The van der Waals surface area contributed by atoms with Crippen molar-refractivity contribution in [2.24, 2.45) is 0 Å². The molecule has 2 amide bonds. The maximum Gasteiger partial charge on any atom is 0.317 e. The lowest BCUT2D eigenvalue weighted by Crippen LogP contribution is -2.52. The first-order valence-electron chi connectivity index (χ1n) is 6.79. The lowest BCUT2D eigenvalue weighted by molar-refractivity contribution is 0.122. The number of carbonyl (C=O) groups is 1. The van der Waals surface area contributed by atoms with Crippen molar-refractivity contribution in [2.75, 3.05) is 39.3 Å². The zero-order valence-corrected chi connectivity index (χ0v) is 13.0. The SMILES string of the molecule is O=C(NCc1cccc(Br)c1)N1CCN(CCO)CC1. The third-order valence-electron chi connectivity index (χ3n) is 3.41. The van der Waals surface area contributed by atoms with Crippen LogP contribution in [0.15, 0.2) is 28.7 Å². The molecule has 0 radical (unpaired) electrons. The number of hydrogen-bond acceptors (Lipinski definition) is 3. The van der Waals surface area contributed by atoms with Crippen LogP contribution in [0.3, 0.4) is 0 Å². The third kappa shape index (κ3) is 4.47. The Labute approximate surface area is 127 Å². The molecule has 2 rings (SSSR count). The van der Waals surface area contributed by atoms with E-state index in [0.717, 1.165) is 23.1 Å².